The van der Waals surface area contributed by atoms with E-state index >= 15 is 0 Å². The molecule has 0 aromatic rings. The topological polar surface area (TPSA) is 84.0 Å². The number of amides is 1. The van der Waals surface area contributed by atoms with Gasteiger partial charge in [-0.25, -0.2) is 4.99 Å². The van der Waals surface area contributed by atoms with Gasteiger partial charge in [-0.3, -0.25) is 4.79 Å². The highest BCUT2D eigenvalue weighted by Crippen LogP contribution is 2.14. The van der Waals surface area contributed by atoms with Gasteiger partial charge in [0.2, 0.25) is 5.91 Å². The maximum absolute atomic E-state index is 11.8. The van der Waals surface area contributed by atoms with E-state index in [1.165, 1.54) is 0 Å². The molecule has 1 saturated heterocycles. The molecular weight excluding hydrogens is 447 g/mol. The Morgan fingerprint density at radius 2 is 1.92 bits per heavy atom. The van der Waals surface area contributed by atoms with Gasteiger partial charge in [0.25, 0.3) is 0 Å². The number of halogens is 1. The van der Waals surface area contributed by atoms with Crippen molar-refractivity contribution in [1.29, 1.82) is 0 Å². The molecule has 1 amide bonds. The molecule has 1 fully saturated rings. The Kier molecular flexibility index (Phi) is 14.1. The SMILES string of the molecule is CCNC(=NCC(=O)NC(C)(C)C)NCCCOCC1CCOCC1.I. The molecule has 0 unspecified atom stereocenters. The van der Waals surface area contributed by atoms with Gasteiger partial charge in [-0.1, -0.05) is 0 Å². The first kappa shape index (κ1) is 25.4. The third-order valence-electron chi connectivity index (χ3n) is 3.69. The predicted molar refractivity (Wildman–Crippen MR) is 116 cm³/mol. The van der Waals surface area contributed by atoms with Crippen molar-refractivity contribution in [2.24, 2.45) is 10.9 Å². The van der Waals surface area contributed by atoms with Crippen LogP contribution in [0.25, 0.3) is 0 Å². The van der Waals surface area contributed by atoms with Crippen LogP contribution in [0.3, 0.4) is 0 Å². The maximum Gasteiger partial charge on any atom is 0.242 e. The normalized spacial score (nSPS) is 15.9. The fraction of sp³-hybridized carbons (Fsp3) is 0.889. The van der Waals surface area contributed by atoms with Crippen molar-refractivity contribution in [3.8, 4) is 0 Å². The minimum atomic E-state index is -0.236. The second-order valence-corrected chi connectivity index (χ2v) is 7.40. The largest absolute Gasteiger partial charge is 0.381 e. The summed E-state index contributed by atoms with van der Waals surface area (Å²) >= 11 is 0. The lowest BCUT2D eigenvalue weighted by Gasteiger charge is -2.21. The van der Waals surface area contributed by atoms with Crippen molar-refractivity contribution in [2.45, 2.75) is 52.5 Å². The smallest absolute Gasteiger partial charge is 0.242 e. The highest BCUT2D eigenvalue weighted by molar-refractivity contribution is 14.0. The molecule has 0 bridgehead atoms. The number of aliphatic imine (C=N–C) groups is 1. The molecule has 7 nitrogen and oxygen atoms in total. The molecule has 26 heavy (non-hydrogen) atoms. The van der Waals surface area contributed by atoms with Crippen molar-refractivity contribution >= 4 is 35.8 Å². The minimum absolute atomic E-state index is 0. The highest BCUT2D eigenvalue weighted by atomic mass is 127. The van der Waals surface area contributed by atoms with Crippen LogP contribution < -0.4 is 16.0 Å². The van der Waals surface area contributed by atoms with Gasteiger partial charge in [0.05, 0.1) is 0 Å². The first-order valence-corrected chi connectivity index (χ1v) is 9.39. The summed E-state index contributed by atoms with van der Waals surface area (Å²) in [7, 11) is 0. The molecule has 0 atom stereocenters. The quantitative estimate of drug-likeness (QED) is 0.202. The molecule has 0 radical (unpaired) electrons. The van der Waals surface area contributed by atoms with Crippen molar-refractivity contribution in [3.05, 3.63) is 0 Å². The molecule has 154 valence electrons. The zero-order valence-corrected chi connectivity index (χ0v) is 19.1. The summed E-state index contributed by atoms with van der Waals surface area (Å²) < 4.78 is 11.1. The van der Waals surface area contributed by atoms with E-state index in [0.29, 0.717) is 11.9 Å². The lowest BCUT2D eigenvalue weighted by Crippen LogP contribution is -2.43. The molecular formula is C18H37IN4O3. The molecule has 0 spiro atoms. The van der Waals surface area contributed by atoms with E-state index in [9.17, 15) is 4.79 Å². The maximum atomic E-state index is 11.8. The molecule has 0 aromatic carbocycles. The summed E-state index contributed by atoms with van der Waals surface area (Å²) in [4.78, 5) is 16.1. The molecule has 1 aliphatic rings. The molecule has 0 aromatic heterocycles. The Morgan fingerprint density at radius 3 is 2.54 bits per heavy atom. The van der Waals surface area contributed by atoms with Gasteiger partial charge in [-0.15, -0.1) is 24.0 Å². The van der Waals surface area contributed by atoms with Crippen LogP contribution in [0, 0.1) is 5.92 Å². The summed E-state index contributed by atoms with van der Waals surface area (Å²) in [6.45, 7) is 12.8. The van der Waals surface area contributed by atoms with E-state index in [-0.39, 0.29) is 42.0 Å². The molecule has 8 heteroatoms. The monoisotopic (exact) mass is 484 g/mol. The molecule has 3 N–H and O–H groups in total. The molecule has 0 aliphatic carbocycles. The van der Waals surface area contributed by atoms with Crippen LogP contribution in [0.4, 0.5) is 0 Å². The second-order valence-electron chi connectivity index (χ2n) is 7.40. The molecule has 1 heterocycles. The number of nitrogens with zero attached hydrogens (tertiary/aromatic N) is 1. The number of nitrogens with one attached hydrogen (secondary N) is 3. The summed E-state index contributed by atoms with van der Waals surface area (Å²) in [5.41, 5.74) is -0.236. The fourth-order valence-electron chi connectivity index (χ4n) is 2.49. The van der Waals surface area contributed by atoms with Gasteiger partial charge >= 0.3 is 0 Å². The Hall–Kier alpha value is -0.610. The van der Waals surface area contributed by atoms with E-state index < -0.39 is 0 Å². The highest BCUT2D eigenvalue weighted by Gasteiger charge is 2.14. The van der Waals surface area contributed by atoms with Gasteiger partial charge in [0.15, 0.2) is 5.96 Å². The summed E-state index contributed by atoms with van der Waals surface area (Å²) in [5.74, 6) is 1.22. The number of hydrogen-bond acceptors (Lipinski definition) is 4. The number of rotatable bonds is 9. The van der Waals surface area contributed by atoms with Crippen molar-refractivity contribution < 1.29 is 14.3 Å². The molecule has 1 rings (SSSR count). The second kappa shape index (κ2) is 14.4. The summed E-state index contributed by atoms with van der Waals surface area (Å²) in [6, 6.07) is 0. The van der Waals surface area contributed by atoms with E-state index in [0.717, 1.165) is 58.8 Å². The van der Waals surface area contributed by atoms with Crippen LogP contribution in [0.2, 0.25) is 0 Å². The average Bonchev–Trinajstić information content (AvgIpc) is 2.55. The number of guanidine groups is 1. The van der Waals surface area contributed by atoms with Crippen LogP contribution in [0.15, 0.2) is 4.99 Å². The molecule has 0 saturated carbocycles. The van der Waals surface area contributed by atoms with Gasteiger partial charge in [-0.05, 0) is 52.9 Å². The first-order valence-electron chi connectivity index (χ1n) is 9.39. The van der Waals surface area contributed by atoms with E-state index in [1.54, 1.807) is 0 Å². The van der Waals surface area contributed by atoms with E-state index in [2.05, 4.69) is 20.9 Å². The average molecular weight is 484 g/mol. The van der Waals surface area contributed by atoms with Crippen LogP contribution in [0.5, 0.6) is 0 Å². The van der Waals surface area contributed by atoms with Crippen molar-refractivity contribution in [3.63, 3.8) is 0 Å². The van der Waals surface area contributed by atoms with Crippen LogP contribution in [0.1, 0.15) is 47.0 Å². The number of carbonyl (C=O) groups excluding carboxylic acids is 1. The van der Waals surface area contributed by atoms with Crippen molar-refractivity contribution in [2.75, 3.05) is 46.1 Å². The summed E-state index contributed by atoms with van der Waals surface area (Å²) in [5, 5.41) is 9.29. The Labute approximate surface area is 175 Å². The zero-order chi connectivity index (χ0) is 18.5. The van der Waals surface area contributed by atoms with Crippen molar-refractivity contribution in [1.82, 2.24) is 16.0 Å². The van der Waals surface area contributed by atoms with Crippen LogP contribution in [-0.2, 0) is 14.3 Å². The molecule has 1 aliphatic heterocycles. The summed E-state index contributed by atoms with van der Waals surface area (Å²) in [6.07, 6.45) is 3.11. The number of carbonyl (C=O) groups is 1. The Morgan fingerprint density at radius 1 is 1.23 bits per heavy atom. The zero-order valence-electron chi connectivity index (χ0n) is 16.7. The lowest BCUT2D eigenvalue weighted by atomic mass is 10.0. The third kappa shape index (κ3) is 13.6. The number of hydrogen-bond donors (Lipinski definition) is 3. The predicted octanol–water partition coefficient (Wildman–Crippen LogP) is 1.91. The van der Waals surface area contributed by atoms with E-state index in [4.69, 9.17) is 9.47 Å². The lowest BCUT2D eigenvalue weighted by molar-refractivity contribution is -0.121. The number of ether oxygens (including phenoxy) is 2. The first-order chi connectivity index (χ1) is 11.9. The van der Waals surface area contributed by atoms with Gasteiger partial charge in [-0.2, -0.15) is 0 Å². The van der Waals surface area contributed by atoms with Gasteiger partial charge in [0, 0.05) is 45.1 Å². The Balaban J connectivity index is 0.00000625. The van der Waals surface area contributed by atoms with Gasteiger partial charge < -0.3 is 25.4 Å². The fourth-order valence-corrected chi connectivity index (χ4v) is 2.49. The Bertz CT molecular complexity index is 408. The minimum Gasteiger partial charge on any atom is -0.381 e. The van der Waals surface area contributed by atoms with Crippen LogP contribution >= 0.6 is 24.0 Å². The van der Waals surface area contributed by atoms with Gasteiger partial charge in [0.1, 0.15) is 6.54 Å². The standard InChI is InChI=1S/C18H36N4O3.HI/c1-5-19-17(21-13-16(23)22-18(2,3)4)20-9-6-10-25-14-15-7-11-24-12-8-15;/h15H,5-14H2,1-4H3,(H,22,23)(H2,19,20,21);1H. The van der Waals surface area contributed by atoms with E-state index in [1.807, 2.05) is 27.7 Å². The van der Waals surface area contributed by atoms with Crippen LogP contribution in [-0.4, -0.2) is 63.5 Å². The third-order valence-corrected chi connectivity index (χ3v) is 3.69.